The summed E-state index contributed by atoms with van der Waals surface area (Å²) in [4.78, 5) is 19.3. The third-order valence-electron chi connectivity index (χ3n) is 4.76. The fourth-order valence-corrected chi connectivity index (χ4v) is 3.68. The van der Waals surface area contributed by atoms with Gasteiger partial charge in [-0.25, -0.2) is 4.98 Å². The summed E-state index contributed by atoms with van der Waals surface area (Å²) in [5, 5.41) is 3.47. The molecule has 2 heterocycles. The fraction of sp³-hybridized carbons (Fsp3) is 0.625. The molecule has 1 amide bonds. The Hall–Kier alpha value is -1.62. The van der Waals surface area contributed by atoms with E-state index in [-0.39, 0.29) is 11.4 Å². The second kappa shape index (κ2) is 6.02. The summed E-state index contributed by atoms with van der Waals surface area (Å²) in [6, 6.07) is 3.61. The van der Waals surface area contributed by atoms with Gasteiger partial charge in [-0.05, 0) is 25.0 Å². The summed E-state index contributed by atoms with van der Waals surface area (Å²) in [5.41, 5.74) is 0.556. The number of piperazine rings is 1. The summed E-state index contributed by atoms with van der Waals surface area (Å²) in [7, 11) is 1.56. The molecule has 0 bridgehead atoms. The number of aromatic nitrogens is 1. The Balaban J connectivity index is 1.91. The number of carbonyl (C=O) groups is 1. The van der Waals surface area contributed by atoms with Gasteiger partial charge in [-0.15, -0.1) is 0 Å². The molecular formula is C16H23N3O2. The van der Waals surface area contributed by atoms with Crippen LogP contribution in [0.25, 0.3) is 0 Å². The quantitative estimate of drug-likeness (QED) is 0.902. The van der Waals surface area contributed by atoms with Crippen molar-refractivity contribution in [3.05, 3.63) is 23.9 Å². The molecule has 2 fully saturated rings. The minimum Gasteiger partial charge on any atom is -0.480 e. The zero-order valence-corrected chi connectivity index (χ0v) is 12.6. The molecule has 1 saturated carbocycles. The van der Waals surface area contributed by atoms with Crippen LogP contribution in [-0.2, 0) is 0 Å². The number of nitrogens with one attached hydrogen (secondary N) is 1. The average Bonchev–Trinajstić information content (AvgIpc) is 2.55. The first-order valence-corrected chi connectivity index (χ1v) is 7.78. The van der Waals surface area contributed by atoms with Crippen molar-refractivity contribution in [3.63, 3.8) is 0 Å². The van der Waals surface area contributed by atoms with Gasteiger partial charge in [-0.3, -0.25) is 4.79 Å². The molecule has 1 aliphatic carbocycles. The van der Waals surface area contributed by atoms with E-state index in [0.29, 0.717) is 11.4 Å². The minimum absolute atomic E-state index is 0.0194. The number of rotatable bonds is 2. The van der Waals surface area contributed by atoms with Crippen molar-refractivity contribution in [2.24, 2.45) is 0 Å². The molecule has 1 saturated heterocycles. The molecule has 0 aromatic carbocycles. The maximum Gasteiger partial charge on any atom is 0.259 e. The molecule has 3 rings (SSSR count). The van der Waals surface area contributed by atoms with Crippen LogP contribution in [-0.4, -0.2) is 48.1 Å². The molecule has 5 heteroatoms. The first kappa shape index (κ1) is 14.3. The zero-order valence-electron chi connectivity index (χ0n) is 12.6. The fourth-order valence-electron chi connectivity index (χ4n) is 3.68. The molecular weight excluding hydrogens is 266 g/mol. The Morgan fingerprint density at radius 1 is 1.38 bits per heavy atom. The molecule has 1 N–H and O–H groups in total. The molecule has 5 nitrogen and oxygen atoms in total. The lowest BCUT2D eigenvalue weighted by Crippen LogP contribution is -2.63. The maximum absolute atomic E-state index is 13.0. The first-order chi connectivity index (χ1) is 10.3. The van der Waals surface area contributed by atoms with Crippen LogP contribution in [0.15, 0.2) is 18.3 Å². The van der Waals surface area contributed by atoms with Gasteiger partial charge in [0.25, 0.3) is 5.91 Å². The predicted molar refractivity (Wildman–Crippen MR) is 80.5 cm³/mol. The highest BCUT2D eigenvalue weighted by molar-refractivity contribution is 5.97. The number of hydrogen-bond donors (Lipinski definition) is 1. The lowest BCUT2D eigenvalue weighted by atomic mass is 9.78. The standard InChI is InChI=1S/C16H23N3O2/c1-21-14-13(6-5-9-18-14)15(20)19-11-10-17-12-16(19)7-3-2-4-8-16/h5-6,9,17H,2-4,7-8,10-12H2,1H3. The largest absolute Gasteiger partial charge is 0.480 e. The van der Waals surface area contributed by atoms with Gasteiger partial charge in [0.2, 0.25) is 5.88 Å². The van der Waals surface area contributed by atoms with Gasteiger partial charge in [-0.2, -0.15) is 0 Å². The van der Waals surface area contributed by atoms with E-state index < -0.39 is 0 Å². The summed E-state index contributed by atoms with van der Waals surface area (Å²) >= 11 is 0. The van der Waals surface area contributed by atoms with Crippen molar-refractivity contribution in [2.45, 2.75) is 37.6 Å². The lowest BCUT2D eigenvalue weighted by molar-refractivity contribution is 0.0219. The summed E-state index contributed by atoms with van der Waals surface area (Å²) < 4.78 is 5.26. The number of methoxy groups -OCH3 is 1. The van der Waals surface area contributed by atoms with Crippen molar-refractivity contribution >= 4 is 5.91 Å². The van der Waals surface area contributed by atoms with E-state index in [2.05, 4.69) is 15.2 Å². The van der Waals surface area contributed by atoms with Crippen molar-refractivity contribution in [1.82, 2.24) is 15.2 Å². The van der Waals surface area contributed by atoms with Gasteiger partial charge in [0, 0.05) is 25.8 Å². The number of ether oxygens (including phenoxy) is 1. The number of nitrogens with zero attached hydrogens (tertiary/aromatic N) is 2. The summed E-state index contributed by atoms with van der Waals surface area (Å²) in [5.74, 6) is 0.482. The van der Waals surface area contributed by atoms with Crippen LogP contribution in [0.5, 0.6) is 5.88 Å². The van der Waals surface area contributed by atoms with Crippen LogP contribution in [0.4, 0.5) is 0 Å². The lowest BCUT2D eigenvalue weighted by Gasteiger charge is -2.49. The van der Waals surface area contributed by atoms with Gasteiger partial charge < -0.3 is 15.0 Å². The maximum atomic E-state index is 13.0. The summed E-state index contributed by atoms with van der Waals surface area (Å²) in [6.07, 6.45) is 7.53. The highest BCUT2D eigenvalue weighted by atomic mass is 16.5. The Kier molecular flexibility index (Phi) is 4.10. The Morgan fingerprint density at radius 2 is 2.19 bits per heavy atom. The second-order valence-electron chi connectivity index (χ2n) is 5.98. The predicted octanol–water partition coefficient (Wildman–Crippen LogP) is 1.84. The molecule has 1 aromatic rings. The highest BCUT2D eigenvalue weighted by Crippen LogP contribution is 2.36. The second-order valence-corrected chi connectivity index (χ2v) is 5.98. The van der Waals surface area contributed by atoms with E-state index in [1.165, 1.54) is 19.3 Å². The van der Waals surface area contributed by atoms with Crippen molar-refractivity contribution in [3.8, 4) is 5.88 Å². The highest BCUT2D eigenvalue weighted by Gasteiger charge is 2.42. The van der Waals surface area contributed by atoms with Gasteiger partial charge in [0.05, 0.1) is 12.6 Å². The Bertz CT molecular complexity index is 504. The van der Waals surface area contributed by atoms with Crippen LogP contribution in [0.1, 0.15) is 42.5 Å². The number of carbonyl (C=O) groups excluding carboxylic acids is 1. The van der Waals surface area contributed by atoms with Gasteiger partial charge >= 0.3 is 0 Å². The Labute approximate surface area is 125 Å². The van der Waals surface area contributed by atoms with Gasteiger partial charge in [-0.1, -0.05) is 19.3 Å². The van der Waals surface area contributed by atoms with Crippen LogP contribution in [0.3, 0.4) is 0 Å². The average molecular weight is 289 g/mol. The van der Waals surface area contributed by atoms with E-state index >= 15 is 0 Å². The topological polar surface area (TPSA) is 54.5 Å². The normalized spacial score (nSPS) is 21.3. The van der Waals surface area contributed by atoms with Gasteiger partial charge in [0.15, 0.2) is 0 Å². The Morgan fingerprint density at radius 3 is 2.95 bits per heavy atom. The molecule has 0 unspecified atom stereocenters. The smallest absolute Gasteiger partial charge is 0.259 e. The minimum atomic E-state index is -0.0194. The molecule has 1 aromatic heterocycles. The third-order valence-corrected chi connectivity index (χ3v) is 4.76. The molecule has 1 aliphatic heterocycles. The van der Waals surface area contributed by atoms with Crippen molar-refractivity contribution in [1.29, 1.82) is 0 Å². The molecule has 2 aliphatic rings. The van der Waals surface area contributed by atoms with Crippen molar-refractivity contribution < 1.29 is 9.53 Å². The van der Waals surface area contributed by atoms with Crippen LogP contribution < -0.4 is 10.1 Å². The van der Waals surface area contributed by atoms with E-state index in [9.17, 15) is 4.79 Å². The third kappa shape index (κ3) is 2.62. The van der Waals surface area contributed by atoms with E-state index in [1.807, 2.05) is 6.07 Å². The molecule has 114 valence electrons. The zero-order chi connectivity index (χ0) is 14.7. The number of pyridine rings is 1. The van der Waals surface area contributed by atoms with E-state index in [4.69, 9.17) is 4.74 Å². The number of hydrogen-bond acceptors (Lipinski definition) is 4. The monoisotopic (exact) mass is 289 g/mol. The van der Waals surface area contributed by atoms with E-state index in [0.717, 1.165) is 32.5 Å². The first-order valence-electron chi connectivity index (χ1n) is 7.78. The van der Waals surface area contributed by atoms with Crippen molar-refractivity contribution in [2.75, 3.05) is 26.7 Å². The van der Waals surface area contributed by atoms with Crippen LogP contribution in [0, 0.1) is 0 Å². The molecule has 0 atom stereocenters. The van der Waals surface area contributed by atoms with E-state index in [1.54, 1.807) is 19.4 Å². The molecule has 1 spiro atoms. The van der Waals surface area contributed by atoms with Crippen LogP contribution >= 0.6 is 0 Å². The molecule has 21 heavy (non-hydrogen) atoms. The van der Waals surface area contributed by atoms with Gasteiger partial charge in [0.1, 0.15) is 5.56 Å². The van der Waals surface area contributed by atoms with Crippen LogP contribution in [0.2, 0.25) is 0 Å². The summed E-state index contributed by atoms with van der Waals surface area (Å²) in [6.45, 7) is 2.52. The molecule has 0 radical (unpaired) electrons. The number of amides is 1. The SMILES string of the molecule is COc1ncccc1C(=O)N1CCNCC12CCCCC2.